The van der Waals surface area contributed by atoms with E-state index in [2.05, 4.69) is 5.32 Å². The van der Waals surface area contributed by atoms with Crippen LogP contribution in [0.4, 0.5) is 11.4 Å². The standard InChI is InChI=1S/C21H21ClN2O5/c1-12-15(22)7-6-8-16(12)23-20(26)13(2)28-21(27)19-11-24(14(3)25)17-9-4-5-10-18(17)29-19/h4-10,13,19H,11H2,1-3H3,(H,23,26)/t13-,19+/m0/s1. The van der Waals surface area contributed by atoms with Gasteiger partial charge >= 0.3 is 5.97 Å². The second kappa shape index (κ2) is 8.53. The number of esters is 1. The molecule has 0 radical (unpaired) electrons. The molecule has 0 saturated heterocycles. The highest BCUT2D eigenvalue weighted by Gasteiger charge is 2.35. The molecule has 0 saturated carbocycles. The van der Waals surface area contributed by atoms with Crippen molar-refractivity contribution in [2.45, 2.75) is 33.0 Å². The lowest BCUT2D eigenvalue weighted by molar-refractivity contribution is -0.160. The van der Waals surface area contributed by atoms with E-state index in [4.69, 9.17) is 21.1 Å². The zero-order valence-electron chi connectivity index (χ0n) is 16.3. The summed E-state index contributed by atoms with van der Waals surface area (Å²) in [6, 6.07) is 12.1. The molecule has 1 aliphatic heterocycles. The monoisotopic (exact) mass is 416 g/mol. The van der Waals surface area contributed by atoms with Crippen LogP contribution >= 0.6 is 11.6 Å². The lowest BCUT2D eigenvalue weighted by Crippen LogP contribution is -2.48. The number of halogens is 1. The number of nitrogens with zero attached hydrogens (tertiary/aromatic N) is 1. The van der Waals surface area contributed by atoms with E-state index in [9.17, 15) is 14.4 Å². The minimum Gasteiger partial charge on any atom is -0.475 e. The molecular formula is C21H21ClN2O5. The van der Waals surface area contributed by atoms with Gasteiger partial charge in [-0.05, 0) is 43.7 Å². The van der Waals surface area contributed by atoms with Crippen molar-refractivity contribution in [2.24, 2.45) is 0 Å². The van der Waals surface area contributed by atoms with Gasteiger partial charge in [0.1, 0.15) is 5.75 Å². The van der Waals surface area contributed by atoms with E-state index in [-0.39, 0.29) is 12.5 Å². The fourth-order valence-corrected chi connectivity index (χ4v) is 3.11. The third-order valence-corrected chi connectivity index (χ3v) is 5.01. The van der Waals surface area contributed by atoms with Gasteiger partial charge in [0.2, 0.25) is 12.0 Å². The number of ether oxygens (including phenoxy) is 2. The molecule has 0 aliphatic carbocycles. The number of benzene rings is 2. The summed E-state index contributed by atoms with van der Waals surface area (Å²) in [5.41, 5.74) is 1.84. The molecular weight excluding hydrogens is 396 g/mol. The molecule has 152 valence electrons. The van der Waals surface area contributed by atoms with Crippen molar-refractivity contribution in [3.63, 3.8) is 0 Å². The van der Waals surface area contributed by atoms with Gasteiger partial charge in [0.05, 0.1) is 12.2 Å². The number of para-hydroxylation sites is 2. The topological polar surface area (TPSA) is 84.9 Å². The van der Waals surface area contributed by atoms with Gasteiger partial charge in [-0.2, -0.15) is 0 Å². The van der Waals surface area contributed by atoms with E-state index in [1.165, 1.54) is 18.7 Å². The second-order valence-electron chi connectivity index (χ2n) is 6.68. The summed E-state index contributed by atoms with van der Waals surface area (Å²) >= 11 is 6.06. The highest BCUT2D eigenvalue weighted by molar-refractivity contribution is 6.31. The maximum absolute atomic E-state index is 12.6. The maximum atomic E-state index is 12.6. The molecule has 2 amide bonds. The molecule has 7 nitrogen and oxygen atoms in total. The minimum atomic E-state index is -1.06. The predicted octanol–water partition coefficient (Wildman–Crippen LogP) is 3.33. The Morgan fingerprint density at radius 1 is 1.21 bits per heavy atom. The van der Waals surface area contributed by atoms with Gasteiger partial charge in [0.15, 0.2) is 6.10 Å². The van der Waals surface area contributed by atoms with Gasteiger partial charge in [-0.25, -0.2) is 4.79 Å². The van der Waals surface area contributed by atoms with Crippen LogP contribution in [0.5, 0.6) is 5.75 Å². The normalized spacial score (nSPS) is 16.3. The van der Waals surface area contributed by atoms with Crippen LogP contribution in [0.1, 0.15) is 19.4 Å². The van der Waals surface area contributed by atoms with Crippen LogP contribution < -0.4 is 15.0 Å². The molecule has 8 heteroatoms. The van der Waals surface area contributed by atoms with Crippen LogP contribution in [-0.2, 0) is 19.1 Å². The Morgan fingerprint density at radius 2 is 1.93 bits per heavy atom. The number of hydrogen-bond acceptors (Lipinski definition) is 5. The van der Waals surface area contributed by atoms with Crippen LogP contribution in [0.25, 0.3) is 0 Å². The number of fused-ring (bicyclic) bond motifs is 1. The third-order valence-electron chi connectivity index (χ3n) is 4.60. The van der Waals surface area contributed by atoms with Gasteiger partial charge < -0.3 is 19.7 Å². The van der Waals surface area contributed by atoms with Gasteiger partial charge in [0, 0.05) is 17.6 Å². The number of amides is 2. The summed E-state index contributed by atoms with van der Waals surface area (Å²) in [5, 5.41) is 3.22. The van der Waals surface area contributed by atoms with Gasteiger partial charge in [-0.1, -0.05) is 29.8 Å². The van der Waals surface area contributed by atoms with Crippen molar-refractivity contribution in [3.05, 3.63) is 53.1 Å². The van der Waals surface area contributed by atoms with Gasteiger partial charge in [-0.3, -0.25) is 9.59 Å². The van der Waals surface area contributed by atoms with E-state index >= 15 is 0 Å². The Balaban J connectivity index is 1.67. The van der Waals surface area contributed by atoms with Crippen LogP contribution in [0.15, 0.2) is 42.5 Å². The maximum Gasteiger partial charge on any atom is 0.350 e. The molecule has 1 heterocycles. The smallest absolute Gasteiger partial charge is 0.350 e. The first-order chi connectivity index (χ1) is 13.8. The molecule has 2 atom stereocenters. The lowest BCUT2D eigenvalue weighted by Gasteiger charge is -2.33. The van der Waals surface area contributed by atoms with E-state index in [1.54, 1.807) is 49.4 Å². The van der Waals surface area contributed by atoms with Gasteiger partial charge in [-0.15, -0.1) is 0 Å². The van der Waals surface area contributed by atoms with Crippen molar-refractivity contribution in [1.29, 1.82) is 0 Å². The Kier molecular flexibility index (Phi) is 6.08. The Hall–Kier alpha value is -3.06. The van der Waals surface area contributed by atoms with Crippen molar-refractivity contribution >= 4 is 40.8 Å². The van der Waals surface area contributed by atoms with E-state index in [1.807, 2.05) is 0 Å². The molecule has 3 rings (SSSR count). The average molecular weight is 417 g/mol. The number of carbonyl (C=O) groups excluding carboxylic acids is 3. The van der Waals surface area contributed by atoms with E-state index in [0.29, 0.717) is 27.7 Å². The van der Waals surface area contributed by atoms with Crippen LogP contribution in [-0.4, -0.2) is 36.5 Å². The summed E-state index contributed by atoms with van der Waals surface area (Å²) in [5.74, 6) is -1.04. The zero-order chi connectivity index (χ0) is 21.1. The first-order valence-corrected chi connectivity index (χ1v) is 9.46. The fraction of sp³-hybridized carbons (Fsp3) is 0.286. The number of hydrogen-bond donors (Lipinski definition) is 1. The molecule has 0 fully saturated rings. The molecule has 2 aromatic rings. The second-order valence-corrected chi connectivity index (χ2v) is 7.09. The Bertz CT molecular complexity index is 962. The first-order valence-electron chi connectivity index (χ1n) is 9.08. The van der Waals surface area contributed by atoms with Crippen LogP contribution in [0.2, 0.25) is 5.02 Å². The summed E-state index contributed by atoms with van der Waals surface area (Å²) in [6.07, 6.45) is -2.09. The number of nitrogens with one attached hydrogen (secondary N) is 1. The molecule has 29 heavy (non-hydrogen) atoms. The van der Waals surface area contributed by atoms with E-state index in [0.717, 1.165) is 0 Å². The molecule has 0 aromatic heterocycles. The Morgan fingerprint density at radius 3 is 2.66 bits per heavy atom. The largest absolute Gasteiger partial charge is 0.475 e. The average Bonchev–Trinajstić information content (AvgIpc) is 2.70. The number of carbonyl (C=O) groups is 3. The Labute approximate surface area is 173 Å². The highest BCUT2D eigenvalue weighted by atomic mass is 35.5. The minimum absolute atomic E-state index is 0.00687. The molecule has 0 spiro atoms. The van der Waals surface area contributed by atoms with Crippen LogP contribution in [0, 0.1) is 6.92 Å². The van der Waals surface area contributed by atoms with Gasteiger partial charge in [0.25, 0.3) is 5.91 Å². The molecule has 0 bridgehead atoms. The summed E-state index contributed by atoms with van der Waals surface area (Å²) in [7, 11) is 0. The highest BCUT2D eigenvalue weighted by Crippen LogP contribution is 2.33. The predicted molar refractivity (Wildman–Crippen MR) is 109 cm³/mol. The summed E-state index contributed by atoms with van der Waals surface area (Å²) in [6.45, 7) is 4.66. The third kappa shape index (κ3) is 4.51. The first kappa shape index (κ1) is 20.7. The van der Waals surface area contributed by atoms with E-state index < -0.39 is 24.1 Å². The molecule has 1 aliphatic rings. The van der Waals surface area contributed by atoms with Crippen molar-refractivity contribution < 1.29 is 23.9 Å². The van der Waals surface area contributed by atoms with Crippen molar-refractivity contribution in [1.82, 2.24) is 0 Å². The SMILES string of the molecule is CC(=O)N1C[C@H](C(=O)O[C@@H](C)C(=O)Nc2cccc(Cl)c2C)Oc2ccccc21. The summed E-state index contributed by atoms with van der Waals surface area (Å²) < 4.78 is 11.0. The quantitative estimate of drug-likeness (QED) is 0.773. The fourth-order valence-electron chi connectivity index (χ4n) is 2.94. The lowest BCUT2D eigenvalue weighted by atomic mass is 10.2. The zero-order valence-corrected chi connectivity index (χ0v) is 17.0. The van der Waals surface area contributed by atoms with Crippen LogP contribution in [0.3, 0.4) is 0 Å². The summed E-state index contributed by atoms with van der Waals surface area (Å²) in [4.78, 5) is 38.4. The number of anilines is 2. The number of rotatable bonds is 4. The van der Waals surface area contributed by atoms with Crippen molar-refractivity contribution in [2.75, 3.05) is 16.8 Å². The molecule has 0 unspecified atom stereocenters. The molecule has 1 N–H and O–H groups in total. The van der Waals surface area contributed by atoms with Crippen molar-refractivity contribution in [3.8, 4) is 5.75 Å². The molecule has 2 aromatic carbocycles.